The number of furan rings is 1. The normalized spacial score (nSPS) is 10.6. The molecule has 0 saturated carbocycles. The van der Waals surface area contributed by atoms with Crippen LogP contribution in [0.1, 0.15) is 17.1 Å². The van der Waals surface area contributed by atoms with Gasteiger partial charge < -0.3 is 14.3 Å². The number of hydrogen-bond donors (Lipinski definition) is 1. The van der Waals surface area contributed by atoms with E-state index >= 15 is 0 Å². The summed E-state index contributed by atoms with van der Waals surface area (Å²) in [5.74, 6) is 1.33. The topological polar surface area (TPSA) is 42.6 Å². The highest BCUT2D eigenvalue weighted by Crippen LogP contribution is 2.09. The molecule has 2 aromatic rings. The molecule has 0 atom stereocenters. The zero-order valence-corrected chi connectivity index (χ0v) is 9.63. The predicted octanol–water partition coefficient (Wildman–Crippen LogP) is 2.53. The van der Waals surface area contributed by atoms with E-state index in [0.717, 1.165) is 12.2 Å². The Morgan fingerprint density at radius 1 is 1.00 bits per heavy atom. The molecular formula is C14H16O3. The van der Waals surface area contributed by atoms with E-state index in [4.69, 9.17) is 14.3 Å². The minimum Gasteiger partial charge on any atom is -0.461 e. The van der Waals surface area contributed by atoms with Crippen LogP contribution in [0.4, 0.5) is 0 Å². The standard InChI is InChI=1S/C14H16O3/c15-10-13-6-7-14(17-13)11-16-9-8-12-4-2-1-3-5-12/h1-7,15H,8-11H2. The minimum absolute atomic E-state index is 0.0655. The second-order valence-corrected chi connectivity index (χ2v) is 3.81. The fourth-order valence-corrected chi connectivity index (χ4v) is 1.59. The molecule has 0 saturated heterocycles. The summed E-state index contributed by atoms with van der Waals surface area (Å²) in [6.07, 6.45) is 0.897. The van der Waals surface area contributed by atoms with Crippen LogP contribution in [-0.2, 0) is 24.4 Å². The van der Waals surface area contributed by atoms with Gasteiger partial charge in [-0.2, -0.15) is 0 Å². The van der Waals surface area contributed by atoms with Crippen molar-refractivity contribution >= 4 is 0 Å². The molecule has 0 unspecified atom stereocenters. The molecule has 0 aliphatic carbocycles. The fraction of sp³-hybridized carbons (Fsp3) is 0.286. The van der Waals surface area contributed by atoms with Crippen LogP contribution in [0.15, 0.2) is 46.9 Å². The Labute approximate surface area is 101 Å². The molecule has 0 fully saturated rings. The summed E-state index contributed by atoms with van der Waals surface area (Å²) in [5, 5.41) is 8.84. The van der Waals surface area contributed by atoms with E-state index in [9.17, 15) is 0 Å². The van der Waals surface area contributed by atoms with Gasteiger partial charge in [-0.3, -0.25) is 0 Å². The Morgan fingerprint density at radius 3 is 2.47 bits per heavy atom. The predicted molar refractivity (Wildman–Crippen MR) is 64.4 cm³/mol. The van der Waals surface area contributed by atoms with Gasteiger partial charge in [-0.05, 0) is 24.1 Å². The van der Waals surface area contributed by atoms with E-state index in [1.807, 2.05) is 24.3 Å². The van der Waals surface area contributed by atoms with E-state index < -0.39 is 0 Å². The number of rotatable bonds is 6. The minimum atomic E-state index is -0.0655. The van der Waals surface area contributed by atoms with Gasteiger partial charge in [0, 0.05) is 0 Å². The van der Waals surface area contributed by atoms with Crippen LogP contribution < -0.4 is 0 Å². The van der Waals surface area contributed by atoms with Crippen molar-refractivity contribution in [3.8, 4) is 0 Å². The third kappa shape index (κ3) is 3.73. The molecule has 3 nitrogen and oxygen atoms in total. The van der Waals surface area contributed by atoms with Crippen molar-refractivity contribution in [1.82, 2.24) is 0 Å². The molecule has 1 aromatic heterocycles. The van der Waals surface area contributed by atoms with Crippen LogP contribution in [0.5, 0.6) is 0 Å². The lowest BCUT2D eigenvalue weighted by Crippen LogP contribution is -1.98. The SMILES string of the molecule is OCc1ccc(COCCc2ccccc2)o1. The van der Waals surface area contributed by atoms with Crippen molar-refractivity contribution in [2.45, 2.75) is 19.6 Å². The maximum Gasteiger partial charge on any atom is 0.129 e. The fourth-order valence-electron chi connectivity index (χ4n) is 1.59. The summed E-state index contributed by atoms with van der Waals surface area (Å²) in [4.78, 5) is 0. The molecule has 0 bridgehead atoms. The molecule has 17 heavy (non-hydrogen) atoms. The highest BCUT2D eigenvalue weighted by molar-refractivity contribution is 5.14. The maximum atomic E-state index is 8.84. The maximum absolute atomic E-state index is 8.84. The van der Waals surface area contributed by atoms with Crippen molar-refractivity contribution in [3.63, 3.8) is 0 Å². The van der Waals surface area contributed by atoms with E-state index in [1.54, 1.807) is 6.07 Å². The second kappa shape index (κ2) is 6.23. The second-order valence-electron chi connectivity index (χ2n) is 3.81. The van der Waals surface area contributed by atoms with E-state index in [2.05, 4.69) is 12.1 Å². The van der Waals surface area contributed by atoms with Gasteiger partial charge in [-0.15, -0.1) is 0 Å². The van der Waals surface area contributed by atoms with Crippen LogP contribution in [0.25, 0.3) is 0 Å². The Bertz CT molecular complexity index is 434. The number of aliphatic hydroxyl groups excluding tert-OH is 1. The van der Waals surface area contributed by atoms with E-state index in [-0.39, 0.29) is 6.61 Å². The molecule has 0 aliphatic heterocycles. The Hall–Kier alpha value is -1.58. The van der Waals surface area contributed by atoms with Crippen LogP contribution >= 0.6 is 0 Å². The van der Waals surface area contributed by atoms with Gasteiger partial charge in [0.15, 0.2) is 0 Å². The monoisotopic (exact) mass is 232 g/mol. The number of ether oxygens (including phenoxy) is 1. The van der Waals surface area contributed by atoms with Gasteiger partial charge in [-0.25, -0.2) is 0 Å². The molecule has 0 radical (unpaired) electrons. The van der Waals surface area contributed by atoms with Gasteiger partial charge >= 0.3 is 0 Å². The van der Waals surface area contributed by atoms with Crippen molar-refractivity contribution in [2.75, 3.05) is 6.61 Å². The summed E-state index contributed by atoms with van der Waals surface area (Å²) in [6, 6.07) is 13.8. The average Bonchev–Trinajstić information content (AvgIpc) is 2.84. The molecule has 2 rings (SSSR count). The Kier molecular flexibility index (Phi) is 4.36. The summed E-state index contributed by atoms with van der Waals surface area (Å²) in [7, 11) is 0. The number of hydrogen-bond acceptors (Lipinski definition) is 3. The first-order valence-corrected chi connectivity index (χ1v) is 5.68. The van der Waals surface area contributed by atoms with Crippen molar-refractivity contribution < 1.29 is 14.3 Å². The third-order valence-corrected chi connectivity index (χ3v) is 2.50. The number of aliphatic hydroxyl groups is 1. The number of benzene rings is 1. The summed E-state index contributed by atoms with van der Waals surface area (Å²) >= 11 is 0. The van der Waals surface area contributed by atoms with Gasteiger partial charge in [0.05, 0.1) is 6.61 Å². The summed E-state index contributed by atoms with van der Waals surface area (Å²) in [5.41, 5.74) is 1.27. The van der Waals surface area contributed by atoms with Gasteiger partial charge in [0.1, 0.15) is 24.7 Å². The quantitative estimate of drug-likeness (QED) is 0.778. The lowest BCUT2D eigenvalue weighted by atomic mass is 10.2. The summed E-state index contributed by atoms with van der Waals surface area (Å²) in [6.45, 7) is 1.05. The lowest BCUT2D eigenvalue weighted by Gasteiger charge is -2.02. The van der Waals surface area contributed by atoms with Gasteiger partial charge in [0.25, 0.3) is 0 Å². The van der Waals surface area contributed by atoms with Crippen molar-refractivity contribution in [2.24, 2.45) is 0 Å². The van der Waals surface area contributed by atoms with Crippen LogP contribution in [-0.4, -0.2) is 11.7 Å². The highest BCUT2D eigenvalue weighted by atomic mass is 16.5. The molecule has 0 aliphatic rings. The van der Waals surface area contributed by atoms with Crippen LogP contribution in [0, 0.1) is 0 Å². The molecule has 1 aromatic carbocycles. The molecule has 0 amide bonds. The average molecular weight is 232 g/mol. The Balaban J connectivity index is 1.69. The highest BCUT2D eigenvalue weighted by Gasteiger charge is 2.00. The van der Waals surface area contributed by atoms with Crippen molar-refractivity contribution in [1.29, 1.82) is 0 Å². The molecular weight excluding hydrogens is 216 g/mol. The third-order valence-electron chi connectivity index (χ3n) is 2.50. The van der Waals surface area contributed by atoms with Crippen molar-refractivity contribution in [3.05, 3.63) is 59.5 Å². The zero-order valence-electron chi connectivity index (χ0n) is 9.63. The first-order valence-electron chi connectivity index (χ1n) is 5.68. The van der Waals surface area contributed by atoms with Gasteiger partial charge in [-0.1, -0.05) is 30.3 Å². The zero-order chi connectivity index (χ0) is 11.9. The first kappa shape index (κ1) is 11.9. The molecule has 1 heterocycles. The van der Waals surface area contributed by atoms with Crippen LogP contribution in [0.3, 0.4) is 0 Å². The smallest absolute Gasteiger partial charge is 0.129 e. The van der Waals surface area contributed by atoms with Crippen LogP contribution in [0.2, 0.25) is 0 Å². The summed E-state index contributed by atoms with van der Waals surface area (Å²) < 4.78 is 10.8. The first-order chi connectivity index (χ1) is 8.38. The Morgan fingerprint density at radius 2 is 1.76 bits per heavy atom. The van der Waals surface area contributed by atoms with Gasteiger partial charge in [0.2, 0.25) is 0 Å². The largest absolute Gasteiger partial charge is 0.461 e. The molecule has 90 valence electrons. The van der Waals surface area contributed by atoms with E-state index in [0.29, 0.717) is 19.0 Å². The molecule has 1 N–H and O–H groups in total. The van der Waals surface area contributed by atoms with E-state index in [1.165, 1.54) is 5.56 Å². The molecule has 3 heteroatoms. The molecule has 0 spiro atoms. The lowest BCUT2D eigenvalue weighted by molar-refractivity contribution is 0.106.